The van der Waals surface area contributed by atoms with Gasteiger partial charge >= 0.3 is 0 Å². The molecule has 0 saturated carbocycles. The molecule has 0 N–H and O–H groups in total. The number of aryl methyl sites for hydroxylation is 1. The molecule has 0 radical (unpaired) electrons. The second-order valence-electron chi connectivity index (χ2n) is 5.88. The van der Waals surface area contributed by atoms with Gasteiger partial charge in [0, 0.05) is 18.7 Å². The van der Waals surface area contributed by atoms with Crippen molar-refractivity contribution in [3.8, 4) is 0 Å². The average molecular weight is 257 g/mol. The lowest BCUT2D eigenvalue weighted by atomic mass is 10.00. The molecule has 1 fully saturated rings. The molecule has 0 aromatic carbocycles. The van der Waals surface area contributed by atoms with E-state index in [1.54, 1.807) is 6.33 Å². The van der Waals surface area contributed by atoms with Crippen molar-refractivity contribution in [2.24, 2.45) is 5.92 Å². The zero-order valence-electron chi connectivity index (χ0n) is 11.3. The van der Waals surface area contributed by atoms with Crippen molar-refractivity contribution in [1.29, 1.82) is 0 Å². The van der Waals surface area contributed by atoms with Crippen molar-refractivity contribution in [2.45, 2.75) is 39.0 Å². The van der Waals surface area contributed by atoms with Gasteiger partial charge in [0.1, 0.15) is 12.1 Å². The molecule has 1 saturated heterocycles. The fourth-order valence-corrected chi connectivity index (χ4v) is 3.51. The molecule has 4 rings (SSSR count). The maximum absolute atomic E-state index is 4.65. The van der Waals surface area contributed by atoms with Gasteiger partial charge in [-0.25, -0.2) is 4.98 Å². The third kappa shape index (κ3) is 1.71. The molecule has 0 unspecified atom stereocenters. The van der Waals surface area contributed by atoms with Gasteiger partial charge < -0.3 is 4.90 Å². The smallest absolute Gasteiger partial charge is 0.254 e. The van der Waals surface area contributed by atoms with Crippen molar-refractivity contribution in [3.05, 3.63) is 17.6 Å². The van der Waals surface area contributed by atoms with Crippen molar-refractivity contribution in [1.82, 2.24) is 19.6 Å². The summed E-state index contributed by atoms with van der Waals surface area (Å²) in [5.74, 6) is 2.79. The van der Waals surface area contributed by atoms with E-state index in [-0.39, 0.29) is 0 Å². The van der Waals surface area contributed by atoms with E-state index in [0.29, 0.717) is 0 Å². The Morgan fingerprint density at radius 2 is 2.21 bits per heavy atom. The van der Waals surface area contributed by atoms with Crippen LogP contribution in [0.15, 0.2) is 6.33 Å². The molecule has 1 atom stereocenters. The lowest BCUT2D eigenvalue weighted by Gasteiger charge is -2.33. The van der Waals surface area contributed by atoms with E-state index in [1.807, 2.05) is 4.52 Å². The minimum absolute atomic E-state index is 0.758. The third-order valence-corrected chi connectivity index (χ3v) is 4.38. The van der Waals surface area contributed by atoms with Gasteiger partial charge in [-0.15, -0.1) is 0 Å². The van der Waals surface area contributed by atoms with Gasteiger partial charge in [-0.1, -0.05) is 6.92 Å². The Bertz CT molecular complexity index is 618. The number of hydrogen-bond acceptors (Lipinski definition) is 4. The molecule has 0 bridgehead atoms. The van der Waals surface area contributed by atoms with Crippen LogP contribution in [-0.4, -0.2) is 32.7 Å². The van der Waals surface area contributed by atoms with Crippen LogP contribution in [0.1, 0.15) is 37.4 Å². The van der Waals surface area contributed by atoms with Crippen LogP contribution in [0.3, 0.4) is 0 Å². The molecule has 2 aromatic rings. The highest BCUT2D eigenvalue weighted by atomic mass is 15.4. The Hall–Kier alpha value is -1.65. The average Bonchev–Trinajstić information content (AvgIpc) is 3.03. The highest BCUT2D eigenvalue weighted by Crippen LogP contribution is 2.32. The minimum atomic E-state index is 0.758. The Morgan fingerprint density at radius 1 is 1.26 bits per heavy atom. The topological polar surface area (TPSA) is 46.3 Å². The monoisotopic (exact) mass is 257 g/mol. The van der Waals surface area contributed by atoms with Crippen molar-refractivity contribution in [2.75, 3.05) is 18.0 Å². The highest BCUT2D eigenvalue weighted by Gasteiger charge is 2.27. The van der Waals surface area contributed by atoms with E-state index in [9.17, 15) is 0 Å². The van der Waals surface area contributed by atoms with Gasteiger partial charge in [0.2, 0.25) is 0 Å². The number of hydrogen-bond donors (Lipinski definition) is 0. The molecule has 5 heteroatoms. The maximum Gasteiger partial charge on any atom is 0.254 e. The fraction of sp³-hybridized carbons (Fsp3) is 0.643. The number of rotatable bonds is 1. The van der Waals surface area contributed by atoms with Crippen molar-refractivity contribution < 1.29 is 0 Å². The summed E-state index contributed by atoms with van der Waals surface area (Å²) in [5.41, 5.74) is 2.65. The molecule has 2 aromatic heterocycles. The van der Waals surface area contributed by atoms with E-state index in [0.717, 1.165) is 37.6 Å². The normalized spacial score (nSPS) is 23.0. The second kappa shape index (κ2) is 4.18. The van der Waals surface area contributed by atoms with Crippen LogP contribution in [0, 0.1) is 5.92 Å². The van der Waals surface area contributed by atoms with Gasteiger partial charge in [-0.3, -0.25) is 0 Å². The predicted octanol–water partition coefficient (Wildman–Crippen LogP) is 1.85. The van der Waals surface area contributed by atoms with E-state index >= 15 is 0 Å². The molecular weight excluding hydrogens is 238 g/mol. The zero-order valence-corrected chi connectivity index (χ0v) is 11.3. The molecule has 19 heavy (non-hydrogen) atoms. The van der Waals surface area contributed by atoms with Crippen LogP contribution in [-0.2, 0) is 12.8 Å². The summed E-state index contributed by atoms with van der Waals surface area (Å²) in [4.78, 5) is 11.4. The first-order chi connectivity index (χ1) is 9.33. The summed E-state index contributed by atoms with van der Waals surface area (Å²) < 4.78 is 1.95. The third-order valence-electron chi connectivity index (χ3n) is 4.38. The van der Waals surface area contributed by atoms with E-state index in [4.69, 9.17) is 0 Å². The lowest BCUT2D eigenvalue weighted by molar-refractivity contribution is 0.442. The summed E-state index contributed by atoms with van der Waals surface area (Å²) in [7, 11) is 0. The first-order valence-corrected chi connectivity index (χ1v) is 7.29. The Balaban J connectivity index is 1.89. The predicted molar refractivity (Wildman–Crippen MR) is 73.4 cm³/mol. The zero-order chi connectivity index (χ0) is 12.8. The largest absolute Gasteiger partial charge is 0.356 e. The van der Waals surface area contributed by atoms with Gasteiger partial charge in [0.25, 0.3) is 5.78 Å². The van der Waals surface area contributed by atoms with Gasteiger partial charge in [0.15, 0.2) is 0 Å². The standard InChI is InChI=1S/C14H19N5/c1-10-4-3-7-18(8-10)13-11-5-2-6-12(11)17-14-15-9-16-19(13)14/h9-10H,2-8H2,1H3/t10-/m0/s1. The van der Waals surface area contributed by atoms with Crippen LogP contribution in [0.25, 0.3) is 5.78 Å². The molecule has 2 aliphatic rings. The molecule has 1 aliphatic heterocycles. The summed E-state index contributed by atoms with van der Waals surface area (Å²) >= 11 is 0. The number of piperidine rings is 1. The molecule has 0 spiro atoms. The maximum atomic E-state index is 4.65. The van der Waals surface area contributed by atoms with E-state index in [2.05, 4.69) is 26.9 Å². The molecular formula is C14H19N5. The van der Waals surface area contributed by atoms with Crippen molar-refractivity contribution in [3.63, 3.8) is 0 Å². The van der Waals surface area contributed by atoms with Crippen LogP contribution < -0.4 is 4.90 Å². The SMILES string of the molecule is C[C@H]1CCCN(c2c3c(nc4ncnn24)CCC3)C1. The summed E-state index contributed by atoms with van der Waals surface area (Å²) in [6.07, 6.45) is 7.67. The lowest BCUT2D eigenvalue weighted by Crippen LogP contribution is -2.36. The Labute approximate surface area is 112 Å². The summed E-state index contributed by atoms with van der Waals surface area (Å²) in [5, 5.41) is 4.40. The molecule has 1 aliphatic carbocycles. The quantitative estimate of drug-likeness (QED) is 0.782. The molecule has 0 amide bonds. The summed E-state index contributed by atoms with van der Waals surface area (Å²) in [6.45, 7) is 4.60. The first kappa shape index (κ1) is 11.2. The van der Waals surface area contributed by atoms with Gasteiger partial charge in [-0.2, -0.15) is 14.6 Å². The van der Waals surface area contributed by atoms with Crippen LogP contribution in [0.2, 0.25) is 0 Å². The Kier molecular flexibility index (Phi) is 2.47. The van der Waals surface area contributed by atoms with Crippen molar-refractivity contribution >= 4 is 11.6 Å². The number of aromatic nitrogens is 4. The van der Waals surface area contributed by atoms with Crippen LogP contribution in [0.5, 0.6) is 0 Å². The molecule has 100 valence electrons. The molecule has 5 nitrogen and oxygen atoms in total. The van der Waals surface area contributed by atoms with Gasteiger partial charge in [-0.05, 0) is 38.0 Å². The Morgan fingerprint density at radius 3 is 3.11 bits per heavy atom. The minimum Gasteiger partial charge on any atom is -0.356 e. The van der Waals surface area contributed by atoms with Crippen LogP contribution >= 0.6 is 0 Å². The number of nitrogens with zero attached hydrogens (tertiary/aromatic N) is 5. The van der Waals surface area contributed by atoms with E-state index in [1.165, 1.54) is 36.3 Å². The van der Waals surface area contributed by atoms with Gasteiger partial charge in [0.05, 0.1) is 5.69 Å². The van der Waals surface area contributed by atoms with Crippen LogP contribution in [0.4, 0.5) is 5.82 Å². The second-order valence-corrected chi connectivity index (χ2v) is 5.88. The number of anilines is 1. The molecule has 3 heterocycles. The van der Waals surface area contributed by atoms with E-state index < -0.39 is 0 Å². The highest BCUT2D eigenvalue weighted by molar-refractivity contribution is 5.56. The first-order valence-electron chi connectivity index (χ1n) is 7.29. The summed E-state index contributed by atoms with van der Waals surface area (Å²) in [6, 6.07) is 0. The number of fused-ring (bicyclic) bond motifs is 2. The fourth-order valence-electron chi connectivity index (χ4n) is 3.51.